The first kappa shape index (κ1) is 24.7. The number of ketones is 1. The Kier molecular flexibility index (Phi) is 6.87. The fourth-order valence-electron chi connectivity index (χ4n) is 4.23. The first-order chi connectivity index (χ1) is 17.3. The van der Waals surface area contributed by atoms with Crippen molar-refractivity contribution in [2.24, 2.45) is 0 Å². The maximum absolute atomic E-state index is 13.4. The average molecular weight is 489 g/mol. The van der Waals surface area contributed by atoms with E-state index in [2.05, 4.69) is 0 Å². The fraction of sp³-hybridized carbons (Fsp3) is 0.214. The summed E-state index contributed by atoms with van der Waals surface area (Å²) < 4.78 is 16.1. The molecule has 0 spiro atoms. The number of rotatable bonds is 7. The highest BCUT2D eigenvalue weighted by atomic mass is 16.5. The smallest absolute Gasteiger partial charge is 0.300 e. The minimum absolute atomic E-state index is 0.0207. The Morgan fingerprint density at radius 3 is 2.00 bits per heavy atom. The van der Waals surface area contributed by atoms with Gasteiger partial charge in [-0.25, -0.2) is 0 Å². The van der Waals surface area contributed by atoms with E-state index in [0.717, 1.165) is 5.69 Å². The van der Waals surface area contributed by atoms with Crippen molar-refractivity contribution in [3.05, 3.63) is 83.4 Å². The molecular formula is C28H28N2O6. The van der Waals surface area contributed by atoms with Gasteiger partial charge in [-0.2, -0.15) is 0 Å². The first-order valence-electron chi connectivity index (χ1n) is 11.2. The van der Waals surface area contributed by atoms with Crippen LogP contribution in [0, 0.1) is 0 Å². The maximum atomic E-state index is 13.4. The van der Waals surface area contributed by atoms with Gasteiger partial charge < -0.3 is 24.2 Å². The van der Waals surface area contributed by atoms with Crippen LogP contribution in [0.15, 0.2) is 72.3 Å². The lowest BCUT2D eigenvalue weighted by Crippen LogP contribution is -2.29. The zero-order valence-electron chi connectivity index (χ0n) is 20.8. The van der Waals surface area contributed by atoms with Crippen molar-refractivity contribution in [3.63, 3.8) is 0 Å². The number of methoxy groups -OCH3 is 3. The molecule has 1 saturated heterocycles. The number of aliphatic hydroxyl groups is 1. The molecule has 1 atom stereocenters. The highest BCUT2D eigenvalue weighted by molar-refractivity contribution is 6.51. The summed E-state index contributed by atoms with van der Waals surface area (Å²) in [5, 5.41) is 11.3. The molecule has 1 unspecified atom stereocenters. The lowest BCUT2D eigenvalue weighted by Gasteiger charge is -2.26. The van der Waals surface area contributed by atoms with Gasteiger partial charge in [-0.05, 0) is 29.8 Å². The summed E-state index contributed by atoms with van der Waals surface area (Å²) >= 11 is 0. The number of carbonyl (C=O) groups is 2. The molecule has 1 aliphatic rings. The third kappa shape index (κ3) is 4.45. The number of amides is 1. The molecule has 1 N–H and O–H groups in total. The summed E-state index contributed by atoms with van der Waals surface area (Å²) in [4.78, 5) is 30.2. The molecule has 0 radical (unpaired) electrons. The number of hydrogen-bond acceptors (Lipinski definition) is 7. The Morgan fingerprint density at radius 2 is 1.44 bits per heavy atom. The zero-order chi connectivity index (χ0) is 26.0. The number of Topliss-reactive ketones (excluding diaryl/α,β-unsaturated/α-hetero) is 1. The Bertz CT molecular complexity index is 1310. The second-order valence-electron chi connectivity index (χ2n) is 8.46. The SMILES string of the molecule is COc1cccc(/C(O)=C2\C(=O)C(=O)N(c3cc(OC)cc(OC)c3)C2c2ccc(N(C)C)cc2)c1. The quantitative estimate of drug-likeness (QED) is 0.300. The van der Waals surface area contributed by atoms with E-state index in [1.165, 1.54) is 26.2 Å². The lowest BCUT2D eigenvalue weighted by atomic mass is 9.94. The number of aliphatic hydroxyl groups excluding tert-OH is 1. The van der Waals surface area contributed by atoms with Gasteiger partial charge in [-0.3, -0.25) is 14.5 Å². The monoisotopic (exact) mass is 488 g/mol. The van der Waals surface area contributed by atoms with Gasteiger partial charge in [0.1, 0.15) is 23.0 Å². The van der Waals surface area contributed by atoms with Crippen molar-refractivity contribution >= 4 is 28.8 Å². The molecule has 3 aromatic rings. The summed E-state index contributed by atoms with van der Waals surface area (Å²) in [6.45, 7) is 0. The zero-order valence-corrected chi connectivity index (χ0v) is 20.8. The molecule has 3 aromatic carbocycles. The molecule has 0 aromatic heterocycles. The van der Waals surface area contributed by atoms with Crippen LogP contribution in [0.4, 0.5) is 11.4 Å². The van der Waals surface area contributed by atoms with E-state index in [-0.39, 0.29) is 11.3 Å². The van der Waals surface area contributed by atoms with Crippen LogP contribution in [0.5, 0.6) is 17.2 Å². The highest BCUT2D eigenvalue weighted by Gasteiger charge is 2.47. The van der Waals surface area contributed by atoms with Crippen LogP contribution in [0.2, 0.25) is 0 Å². The molecule has 1 heterocycles. The Labute approximate surface area is 209 Å². The van der Waals surface area contributed by atoms with Crippen LogP contribution >= 0.6 is 0 Å². The number of hydrogen-bond donors (Lipinski definition) is 1. The highest BCUT2D eigenvalue weighted by Crippen LogP contribution is 2.44. The summed E-state index contributed by atoms with van der Waals surface area (Å²) in [7, 11) is 8.37. The van der Waals surface area contributed by atoms with Gasteiger partial charge in [-0.15, -0.1) is 0 Å². The molecule has 1 aliphatic heterocycles. The number of ether oxygens (including phenoxy) is 3. The van der Waals surface area contributed by atoms with Crippen molar-refractivity contribution < 1.29 is 28.9 Å². The van der Waals surface area contributed by atoms with Gasteiger partial charge in [0.25, 0.3) is 11.7 Å². The van der Waals surface area contributed by atoms with Crippen molar-refractivity contribution in [1.29, 1.82) is 0 Å². The van der Waals surface area contributed by atoms with E-state index in [1.807, 2.05) is 43.3 Å². The van der Waals surface area contributed by atoms with Crippen molar-refractivity contribution in [3.8, 4) is 17.2 Å². The summed E-state index contributed by atoms with van der Waals surface area (Å²) in [5.74, 6) is -0.416. The van der Waals surface area contributed by atoms with Crippen LogP contribution in [0.1, 0.15) is 17.2 Å². The van der Waals surface area contributed by atoms with Crippen LogP contribution in [0.3, 0.4) is 0 Å². The molecule has 8 nitrogen and oxygen atoms in total. The predicted molar refractivity (Wildman–Crippen MR) is 138 cm³/mol. The molecule has 1 fully saturated rings. The van der Waals surface area contributed by atoms with Crippen LogP contribution in [-0.4, -0.2) is 52.2 Å². The third-order valence-electron chi connectivity index (χ3n) is 6.13. The Morgan fingerprint density at radius 1 is 0.833 bits per heavy atom. The summed E-state index contributed by atoms with van der Waals surface area (Å²) in [5.41, 5.74) is 2.36. The number of anilines is 2. The van der Waals surface area contributed by atoms with Crippen LogP contribution in [-0.2, 0) is 9.59 Å². The Balaban J connectivity index is 1.96. The molecule has 0 saturated carbocycles. The number of nitrogens with zero attached hydrogens (tertiary/aromatic N) is 2. The fourth-order valence-corrected chi connectivity index (χ4v) is 4.23. The molecule has 0 aliphatic carbocycles. The Hall–Kier alpha value is -4.46. The lowest BCUT2D eigenvalue weighted by molar-refractivity contribution is -0.132. The van der Waals surface area contributed by atoms with Gasteiger partial charge in [0, 0.05) is 43.5 Å². The summed E-state index contributed by atoms with van der Waals surface area (Å²) in [6, 6.07) is 18.3. The molecule has 36 heavy (non-hydrogen) atoms. The van der Waals surface area contributed by atoms with E-state index < -0.39 is 17.7 Å². The standard InChI is InChI=1S/C28H28N2O6/c1-29(2)19-11-9-17(10-12-19)25-24(26(31)18-7-6-8-21(13-18)34-3)27(32)28(33)30(25)20-14-22(35-4)16-23(15-20)36-5/h6-16,25,31H,1-5H3/b26-24+. The second kappa shape index (κ2) is 10.0. The van der Waals surface area contributed by atoms with E-state index in [0.29, 0.717) is 34.1 Å². The van der Waals surface area contributed by atoms with Crippen molar-refractivity contribution in [1.82, 2.24) is 0 Å². The minimum Gasteiger partial charge on any atom is -0.507 e. The van der Waals surface area contributed by atoms with Gasteiger partial charge in [-0.1, -0.05) is 24.3 Å². The van der Waals surface area contributed by atoms with Crippen LogP contribution < -0.4 is 24.0 Å². The van der Waals surface area contributed by atoms with Gasteiger partial charge in [0.05, 0.1) is 38.6 Å². The van der Waals surface area contributed by atoms with Gasteiger partial charge in [0.15, 0.2) is 0 Å². The number of carbonyl (C=O) groups excluding carboxylic acids is 2. The van der Waals surface area contributed by atoms with Gasteiger partial charge in [0.2, 0.25) is 0 Å². The molecule has 186 valence electrons. The van der Waals surface area contributed by atoms with E-state index in [4.69, 9.17) is 14.2 Å². The molecule has 8 heteroatoms. The topological polar surface area (TPSA) is 88.5 Å². The molecule has 4 rings (SSSR count). The predicted octanol–water partition coefficient (Wildman–Crippen LogP) is 4.40. The second-order valence-corrected chi connectivity index (χ2v) is 8.46. The van der Waals surface area contributed by atoms with E-state index in [9.17, 15) is 14.7 Å². The normalized spacial score (nSPS) is 16.7. The van der Waals surface area contributed by atoms with Crippen molar-refractivity contribution in [2.75, 3.05) is 45.2 Å². The molecular weight excluding hydrogens is 460 g/mol. The first-order valence-corrected chi connectivity index (χ1v) is 11.2. The largest absolute Gasteiger partial charge is 0.507 e. The van der Waals surface area contributed by atoms with Crippen LogP contribution in [0.25, 0.3) is 5.76 Å². The van der Waals surface area contributed by atoms with E-state index >= 15 is 0 Å². The molecule has 1 amide bonds. The van der Waals surface area contributed by atoms with Crippen molar-refractivity contribution in [2.45, 2.75) is 6.04 Å². The third-order valence-corrected chi connectivity index (χ3v) is 6.13. The molecule has 0 bridgehead atoms. The van der Waals surface area contributed by atoms with E-state index in [1.54, 1.807) is 42.5 Å². The minimum atomic E-state index is -0.885. The maximum Gasteiger partial charge on any atom is 0.300 e. The van der Waals surface area contributed by atoms with Gasteiger partial charge >= 0.3 is 0 Å². The summed E-state index contributed by atoms with van der Waals surface area (Å²) in [6.07, 6.45) is 0. The number of benzene rings is 3. The average Bonchev–Trinajstić information content (AvgIpc) is 3.17.